The van der Waals surface area contributed by atoms with Gasteiger partial charge in [0.15, 0.2) is 0 Å². The molecule has 0 unspecified atom stereocenters. The smallest absolute Gasteiger partial charge is 0.135 e. The Morgan fingerprint density at radius 1 is 1.29 bits per heavy atom. The number of ether oxygens (including phenoxy) is 2. The molecule has 2 rings (SSSR count). The Bertz CT molecular complexity index is 467. The highest BCUT2D eigenvalue weighted by atomic mass is 35.5. The van der Waals surface area contributed by atoms with Gasteiger partial charge >= 0.3 is 0 Å². The largest absolute Gasteiger partial charge is 0.497 e. The van der Waals surface area contributed by atoms with Crippen LogP contribution in [-0.4, -0.2) is 24.4 Å². The fourth-order valence-electron chi connectivity index (χ4n) is 1.33. The third-order valence-corrected chi connectivity index (χ3v) is 2.28. The van der Waals surface area contributed by atoms with E-state index in [2.05, 4.69) is 10.2 Å². The van der Waals surface area contributed by atoms with E-state index in [1.807, 2.05) is 0 Å². The van der Waals surface area contributed by atoms with Crippen molar-refractivity contribution < 1.29 is 9.47 Å². The van der Waals surface area contributed by atoms with Crippen molar-refractivity contribution in [3.8, 4) is 11.5 Å². The van der Waals surface area contributed by atoms with Gasteiger partial charge in [0.25, 0.3) is 0 Å². The zero-order valence-corrected chi connectivity index (χ0v) is 8.55. The number of aromatic amines is 1. The summed E-state index contributed by atoms with van der Waals surface area (Å²) >= 11 is 5.91. The summed E-state index contributed by atoms with van der Waals surface area (Å²) in [5, 5.41) is 7.95. The van der Waals surface area contributed by atoms with Crippen LogP contribution in [0.25, 0.3) is 10.9 Å². The van der Waals surface area contributed by atoms with Crippen LogP contribution in [-0.2, 0) is 0 Å². The summed E-state index contributed by atoms with van der Waals surface area (Å²) in [6.07, 6.45) is 0. The minimum Gasteiger partial charge on any atom is -0.497 e. The molecule has 0 fully saturated rings. The van der Waals surface area contributed by atoms with E-state index in [-0.39, 0.29) is 0 Å². The van der Waals surface area contributed by atoms with Crippen LogP contribution in [0.2, 0.25) is 5.15 Å². The number of fused-ring (bicyclic) bond motifs is 1. The molecule has 0 amide bonds. The van der Waals surface area contributed by atoms with Gasteiger partial charge in [-0.1, -0.05) is 11.6 Å². The molecule has 4 nitrogen and oxygen atoms in total. The lowest BCUT2D eigenvalue weighted by Crippen LogP contribution is -1.87. The predicted molar refractivity (Wildman–Crippen MR) is 54.2 cm³/mol. The number of nitrogens with one attached hydrogen (secondary N) is 1. The maximum Gasteiger partial charge on any atom is 0.135 e. The minimum atomic E-state index is 0.472. The highest BCUT2D eigenvalue weighted by Crippen LogP contribution is 2.34. The molecule has 5 heteroatoms. The average molecular weight is 213 g/mol. The molecule has 0 aliphatic rings. The molecule has 14 heavy (non-hydrogen) atoms. The van der Waals surface area contributed by atoms with Gasteiger partial charge in [0.1, 0.15) is 22.2 Å². The average Bonchev–Trinajstić information content (AvgIpc) is 2.59. The third-order valence-electron chi connectivity index (χ3n) is 2.00. The molecule has 0 radical (unpaired) electrons. The van der Waals surface area contributed by atoms with Crippen LogP contribution in [0.5, 0.6) is 11.5 Å². The quantitative estimate of drug-likeness (QED) is 0.831. The van der Waals surface area contributed by atoms with Gasteiger partial charge in [-0.15, -0.1) is 0 Å². The second-order valence-corrected chi connectivity index (χ2v) is 3.14. The minimum absolute atomic E-state index is 0.472. The predicted octanol–water partition coefficient (Wildman–Crippen LogP) is 2.23. The van der Waals surface area contributed by atoms with Crippen LogP contribution < -0.4 is 9.47 Å². The van der Waals surface area contributed by atoms with Crippen LogP contribution in [0.3, 0.4) is 0 Å². The molecule has 1 heterocycles. The number of H-pyrrole nitrogens is 1. The zero-order valence-electron chi connectivity index (χ0n) is 7.80. The van der Waals surface area contributed by atoms with Crippen LogP contribution in [0.15, 0.2) is 12.1 Å². The molecule has 0 saturated heterocycles. The number of nitrogens with zero attached hydrogens (tertiary/aromatic N) is 1. The Balaban J connectivity index is 2.76. The van der Waals surface area contributed by atoms with Crippen molar-refractivity contribution in [3.05, 3.63) is 17.3 Å². The van der Waals surface area contributed by atoms with Gasteiger partial charge in [-0.25, -0.2) is 0 Å². The zero-order chi connectivity index (χ0) is 10.1. The number of methoxy groups -OCH3 is 2. The van der Waals surface area contributed by atoms with Crippen molar-refractivity contribution in [3.63, 3.8) is 0 Å². The number of hydrogen-bond acceptors (Lipinski definition) is 3. The number of rotatable bonds is 2. The maximum absolute atomic E-state index is 5.91. The summed E-state index contributed by atoms with van der Waals surface area (Å²) in [7, 11) is 3.17. The van der Waals surface area contributed by atoms with Crippen molar-refractivity contribution in [1.82, 2.24) is 10.2 Å². The van der Waals surface area contributed by atoms with Crippen LogP contribution >= 0.6 is 11.6 Å². The fourth-order valence-corrected chi connectivity index (χ4v) is 1.56. The first-order chi connectivity index (χ1) is 6.76. The summed E-state index contributed by atoms with van der Waals surface area (Å²) < 4.78 is 10.3. The van der Waals surface area contributed by atoms with E-state index in [9.17, 15) is 0 Å². The molecule has 0 aliphatic heterocycles. The Labute approximate surface area is 85.8 Å². The Morgan fingerprint density at radius 2 is 2.07 bits per heavy atom. The number of benzene rings is 1. The summed E-state index contributed by atoms with van der Waals surface area (Å²) in [5.41, 5.74) is 0.728. The van der Waals surface area contributed by atoms with E-state index in [1.54, 1.807) is 26.4 Å². The monoisotopic (exact) mass is 212 g/mol. The summed E-state index contributed by atoms with van der Waals surface area (Å²) in [4.78, 5) is 0. The lowest BCUT2D eigenvalue weighted by atomic mass is 10.2. The first-order valence-electron chi connectivity index (χ1n) is 4.02. The molecule has 0 saturated carbocycles. The number of halogens is 1. The normalized spacial score (nSPS) is 10.5. The number of hydrogen-bond donors (Lipinski definition) is 1. The lowest BCUT2D eigenvalue weighted by Gasteiger charge is -2.04. The van der Waals surface area contributed by atoms with E-state index in [0.717, 1.165) is 10.9 Å². The number of aromatic nitrogens is 2. The highest BCUT2D eigenvalue weighted by molar-refractivity contribution is 6.34. The first-order valence-corrected chi connectivity index (χ1v) is 4.39. The molecular weight excluding hydrogens is 204 g/mol. The third kappa shape index (κ3) is 1.28. The molecule has 1 N–H and O–H groups in total. The molecule has 2 aromatic rings. The fraction of sp³-hybridized carbons (Fsp3) is 0.222. The van der Waals surface area contributed by atoms with Gasteiger partial charge < -0.3 is 9.47 Å². The van der Waals surface area contributed by atoms with Crippen molar-refractivity contribution in [2.24, 2.45) is 0 Å². The first kappa shape index (κ1) is 9.15. The van der Waals surface area contributed by atoms with E-state index in [1.165, 1.54) is 0 Å². The summed E-state index contributed by atoms with van der Waals surface area (Å²) in [6.45, 7) is 0. The van der Waals surface area contributed by atoms with Crippen molar-refractivity contribution >= 4 is 22.5 Å². The van der Waals surface area contributed by atoms with Crippen molar-refractivity contribution in [1.29, 1.82) is 0 Å². The second kappa shape index (κ2) is 3.38. The van der Waals surface area contributed by atoms with E-state index < -0.39 is 0 Å². The molecule has 1 aromatic carbocycles. The lowest BCUT2D eigenvalue weighted by molar-refractivity contribution is 0.398. The summed E-state index contributed by atoms with van der Waals surface area (Å²) in [5.74, 6) is 1.34. The SMILES string of the molecule is COc1cc(OC)c2c(Cl)[nH]nc2c1. The Hall–Kier alpha value is -1.42. The van der Waals surface area contributed by atoms with E-state index in [0.29, 0.717) is 16.7 Å². The van der Waals surface area contributed by atoms with Crippen LogP contribution in [0.1, 0.15) is 0 Å². The molecule has 0 atom stereocenters. The van der Waals surface area contributed by atoms with Gasteiger partial charge in [0.2, 0.25) is 0 Å². The topological polar surface area (TPSA) is 47.1 Å². The van der Waals surface area contributed by atoms with Gasteiger partial charge in [0, 0.05) is 12.1 Å². The van der Waals surface area contributed by atoms with Crippen LogP contribution in [0.4, 0.5) is 0 Å². The maximum atomic E-state index is 5.91. The molecule has 1 aromatic heterocycles. The van der Waals surface area contributed by atoms with Gasteiger partial charge in [-0.2, -0.15) is 5.10 Å². The van der Waals surface area contributed by atoms with E-state index in [4.69, 9.17) is 21.1 Å². The Kier molecular flexibility index (Phi) is 2.21. The summed E-state index contributed by atoms with van der Waals surface area (Å²) in [6, 6.07) is 3.56. The van der Waals surface area contributed by atoms with Crippen molar-refractivity contribution in [2.75, 3.05) is 14.2 Å². The molecule has 0 bridgehead atoms. The Morgan fingerprint density at radius 3 is 2.71 bits per heavy atom. The highest BCUT2D eigenvalue weighted by Gasteiger charge is 2.11. The second-order valence-electron chi connectivity index (χ2n) is 2.76. The van der Waals surface area contributed by atoms with Gasteiger partial charge in [-0.3, -0.25) is 5.10 Å². The van der Waals surface area contributed by atoms with Crippen molar-refractivity contribution in [2.45, 2.75) is 0 Å². The molecule has 0 spiro atoms. The van der Waals surface area contributed by atoms with Gasteiger partial charge in [-0.05, 0) is 0 Å². The molecule has 0 aliphatic carbocycles. The molecular formula is C9H9ClN2O2. The van der Waals surface area contributed by atoms with Crippen LogP contribution in [0, 0.1) is 0 Å². The molecule has 74 valence electrons. The standard InChI is InChI=1S/C9H9ClN2O2/c1-13-5-3-6-8(7(4-5)14-2)9(10)12-11-6/h3-4H,1-2H3,(H,11,12). The van der Waals surface area contributed by atoms with Gasteiger partial charge in [0.05, 0.1) is 19.6 Å². The van der Waals surface area contributed by atoms with E-state index >= 15 is 0 Å².